The Morgan fingerprint density at radius 3 is 2.00 bits per heavy atom. The Balaban J connectivity index is 0. The van der Waals surface area contributed by atoms with E-state index in [0.29, 0.717) is 5.78 Å². The Hall–Kier alpha value is -1.13. The normalized spacial score (nSPS) is 9.12. The average molecular weight is 233 g/mol. The summed E-state index contributed by atoms with van der Waals surface area (Å²) in [7, 11) is 0. The lowest BCUT2D eigenvalue weighted by molar-refractivity contribution is -0.742. The summed E-state index contributed by atoms with van der Waals surface area (Å²) in [6, 6.07) is 0. The minimum Gasteiger partial charge on any atom is -0.328 e. The van der Waals surface area contributed by atoms with Gasteiger partial charge in [-0.05, 0) is 6.42 Å². The van der Waals surface area contributed by atoms with Gasteiger partial charge >= 0.3 is 0 Å². The van der Waals surface area contributed by atoms with Crippen LogP contribution >= 0.6 is 0 Å². The van der Waals surface area contributed by atoms with E-state index in [1.807, 2.05) is 6.92 Å². The van der Waals surface area contributed by atoms with Gasteiger partial charge in [0.05, 0.1) is 0 Å². The molecule has 0 spiro atoms. The molecule has 0 radical (unpaired) electrons. The van der Waals surface area contributed by atoms with Crippen molar-refractivity contribution < 1.29 is 15.1 Å². The SMILES string of the molecule is CCCCCCCCC(=O)CC.O=[N+]([O-])O. The second-order valence-electron chi connectivity index (χ2n) is 3.65. The number of hydrogen-bond acceptors (Lipinski definition) is 3. The van der Waals surface area contributed by atoms with E-state index in [0.717, 1.165) is 19.3 Å². The van der Waals surface area contributed by atoms with Crippen molar-refractivity contribution in [2.45, 2.75) is 65.2 Å². The highest BCUT2D eigenvalue weighted by molar-refractivity contribution is 5.77. The van der Waals surface area contributed by atoms with Crippen LogP contribution in [0.3, 0.4) is 0 Å². The maximum absolute atomic E-state index is 10.9. The number of Topliss-reactive ketones (excluding diaryl/α,β-unsaturated/α-hetero) is 1. The van der Waals surface area contributed by atoms with Crippen molar-refractivity contribution in [3.05, 3.63) is 10.1 Å². The van der Waals surface area contributed by atoms with Crippen molar-refractivity contribution in [1.82, 2.24) is 0 Å². The first-order valence-corrected chi connectivity index (χ1v) is 5.89. The van der Waals surface area contributed by atoms with Gasteiger partial charge in [-0.25, -0.2) is 0 Å². The Kier molecular flexibility index (Phi) is 15.0. The fourth-order valence-electron chi connectivity index (χ4n) is 1.28. The number of carbonyl (C=O) groups excluding carboxylic acids is 1. The van der Waals surface area contributed by atoms with Gasteiger partial charge in [0.2, 0.25) is 0 Å². The van der Waals surface area contributed by atoms with Gasteiger partial charge in [0.25, 0.3) is 5.09 Å². The summed E-state index contributed by atoms with van der Waals surface area (Å²) in [5.74, 6) is 0.422. The molecule has 0 aromatic carbocycles. The first-order valence-electron chi connectivity index (χ1n) is 5.89. The molecular formula is C11H23NO4. The molecule has 0 aliphatic heterocycles. The van der Waals surface area contributed by atoms with Gasteiger partial charge in [0, 0.05) is 12.8 Å². The fourth-order valence-corrected chi connectivity index (χ4v) is 1.28. The van der Waals surface area contributed by atoms with Crippen molar-refractivity contribution in [1.29, 1.82) is 0 Å². The highest BCUT2D eigenvalue weighted by Gasteiger charge is 1.96. The second kappa shape index (κ2) is 13.9. The molecule has 1 N–H and O–H groups in total. The van der Waals surface area contributed by atoms with Crippen LogP contribution in [-0.4, -0.2) is 16.1 Å². The molecule has 0 amide bonds. The maximum atomic E-state index is 10.9. The van der Waals surface area contributed by atoms with E-state index >= 15 is 0 Å². The van der Waals surface area contributed by atoms with Gasteiger partial charge in [-0.15, -0.1) is 10.1 Å². The molecule has 0 aromatic rings. The van der Waals surface area contributed by atoms with Crippen LogP contribution in [0.15, 0.2) is 0 Å². The predicted molar refractivity (Wildman–Crippen MR) is 62.1 cm³/mol. The third-order valence-corrected chi connectivity index (χ3v) is 2.20. The van der Waals surface area contributed by atoms with Crippen LogP contribution in [0.1, 0.15) is 65.2 Å². The standard InChI is InChI=1S/C11H22O.HNO3/c1-3-5-6-7-8-9-10-11(12)4-2;2-1(3)4/h3-10H2,1-2H3;(H,2,3,4). The van der Waals surface area contributed by atoms with E-state index < -0.39 is 5.09 Å². The number of hydrogen-bond donors (Lipinski definition) is 1. The number of nitrogens with zero attached hydrogens (tertiary/aromatic N) is 1. The molecule has 0 aliphatic rings. The quantitative estimate of drug-likeness (QED) is 0.396. The number of ketones is 1. The highest BCUT2D eigenvalue weighted by Crippen LogP contribution is 2.07. The zero-order valence-electron chi connectivity index (χ0n) is 10.3. The number of carbonyl (C=O) groups is 1. The van der Waals surface area contributed by atoms with Crippen molar-refractivity contribution in [2.75, 3.05) is 0 Å². The van der Waals surface area contributed by atoms with Gasteiger partial charge in [0.15, 0.2) is 0 Å². The smallest absolute Gasteiger partial charge is 0.291 e. The predicted octanol–water partition coefficient (Wildman–Crippen LogP) is 3.37. The van der Waals surface area contributed by atoms with E-state index in [4.69, 9.17) is 15.3 Å². The fraction of sp³-hybridized carbons (Fsp3) is 0.909. The van der Waals surface area contributed by atoms with E-state index in [-0.39, 0.29) is 0 Å². The maximum Gasteiger partial charge on any atom is 0.291 e. The summed E-state index contributed by atoms with van der Waals surface area (Å²) in [6.07, 6.45) is 9.18. The molecule has 0 aliphatic carbocycles. The van der Waals surface area contributed by atoms with Crippen LogP contribution in [0.5, 0.6) is 0 Å². The molecule has 0 atom stereocenters. The number of unbranched alkanes of at least 4 members (excludes halogenated alkanes) is 5. The summed E-state index contributed by atoms with van der Waals surface area (Å²) in [5, 5.41) is 13.6. The largest absolute Gasteiger partial charge is 0.328 e. The minimum atomic E-state index is -1.50. The first kappa shape index (κ1) is 17.3. The molecule has 0 aromatic heterocycles. The Morgan fingerprint density at radius 2 is 1.56 bits per heavy atom. The van der Waals surface area contributed by atoms with Crippen molar-refractivity contribution >= 4 is 5.78 Å². The molecular weight excluding hydrogens is 210 g/mol. The lowest BCUT2D eigenvalue weighted by Crippen LogP contribution is -1.93. The zero-order chi connectivity index (χ0) is 12.8. The van der Waals surface area contributed by atoms with Crippen LogP contribution in [0.25, 0.3) is 0 Å². The lowest BCUT2D eigenvalue weighted by Gasteiger charge is -1.98. The molecule has 0 bridgehead atoms. The van der Waals surface area contributed by atoms with E-state index in [1.165, 1.54) is 32.1 Å². The molecule has 5 heteroatoms. The first-order chi connectivity index (χ1) is 7.54. The van der Waals surface area contributed by atoms with Gasteiger partial charge in [-0.2, -0.15) is 0 Å². The molecule has 5 nitrogen and oxygen atoms in total. The summed E-state index contributed by atoms with van der Waals surface area (Å²) >= 11 is 0. The van der Waals surface area contributed by atoms with Crippen molar-refractivity contribution in [3.8, 4) is 0 Å². The average Bonchev–Trinajstić information content (AvgIpc) is 2.22. The molecule has 0 fully saturated rings. The summed E-state index contributed by atoms with van der Waals surface area (Å²) in [4.78, 5) is 19.3. The van der Waals surface area contributed by atoms with Crippen LogP contribution in [-0.2, 0) is 4.79 Å². The molecule has 0 heterocycles. The van der Waals surface area contributed by atoms with E-state index in [2.05, 4.69) is 6.92 Å². The molecule has 0 rings (SSSR count). The molecule has 0 unspecified atom stereocenters. The monoisotopic (exact) mass is 233 g/mol. The summed E-state index contributed by atoms with van der Waals surface area (Å²) in [5.41, 5.74) is 0. The van der Waals surface area contributed by atoms with E-state index in [1.54, 1.807) is 0 Å². The third kappa shape index (κ3) is 23.0. The van der Waals surface area contributed by atoms with Crippen molar-refractivity contribution in [3.63, 3.8) is 0 Å². The molecule has 96 valence electrons. The van der Waals surface area contributed by atoms with Crippen LogP contribution in [0.2, 0.25) is 0 Å². The van der Waals surface area contributed by atoms with Crippen molar-refractivity contribution in [2.24, 2.45) is 0 Å². The molecule has 0 saturated carbocycles. The lowest BCUT2D eigenvalue weighted by atomic mass is 10.1. The Morgan fingerprint density at radius 1 is 1.12 bits per heavy atom. The minimum absolute atomic E-state index is 0.422. The highest BCUT2D eigenvalue weighted by atomic mass is 16.9. The van der Waals surface area contributed by atoms with Crippen LogP contribution < -0.4 is 0 Å². The van der Waals surface area contributed by atoms with Gasteiger partial charge in [-0.3, -0.25) is 4.79 Å². The summed E-state index contributed by atoms with van der Waals surface area (Å²) in [6.45, 7) is 4.17. The van der Waals surface area contributed by atoms with Gasteiger partial charge in [0.1, 0.15) is 5.78 Å². The van der Waals surface area contributed by atoms with Crippen LogP contribution in [0, 0.1) is 10.1 Å². The van der Waals surface area contributed by atoms with Crippen LogP contribution in [0.4, 0.5) is 0 Å². The third-order valence-electron chi connectivity index (χ3n) is 2.20. The van der Waals surface area contributed by atoms with E-state index in [9.17, 15) is 4.79 Å². The topological polar surface area (TPSA) is 80.4 Å². The summed E-state index contributed by atoms with van der Waals surface area (Å²) < 4.78 is 0. The molecule has 0 saturated heterocycles. The number of rotatable bonds is 8. The van der Waals surface area contributed by atoms with Gasteiger partial charge < -0.3 is 5.21 Å². The second-order valence-corrected chi connectivity index (χ2v) is 3.65. The zero-order valence-corrected chi connectivity index (χ0v) is 10.3. The van der Waals surface area contributed by atoms with Gasteiger partial charge in [-0.1, -0.05) is 46.0 Å². The Bertz CT molecular complexity index is 179. The Labute approximate surface area is 97.0 Å². The molecule has 16 heavy (non-hydrogen) atoms.